The molecule has 1 aliphatic carbocycles. The van der Waals surface area contributed by atoms with Gasteiger partial charge in [0.1, 0.15) is 5.75 Å². The number of hydrogen-bond donors (Lipinski definition) is 1. The summed E-state index contributed by atoms with van der Waals surface area (Å²) in [5, 5.41) is 2.84. The average Bonchev–Trinajstić information content (AvgIpc) is 2.33. The number of para-hydroxylation sites is 1. The third kappa shape index (κ3) is 3.63. The van der Waals surface area contributed by atoms with Crippen molar-refractivity contribution < 1.29 is 9.53 Å². The smallest absolute Gasteiger partial charge is 0.410 e. The maximum absolute atomic E-state index is 11.6. The van der Waals surface area contributed by atoms with Gasteiger partial charge in [0, 0.05) is 6.04 Å². The van der Waals surface area contributed by atoms with Gasteiger partial charge in [-0.25, -0.2) is 4.79 Å². The Hall–Kier alpha value is -1.22. The van der Waals surface area contributed by atoms with Gasteiger partial charge in [0.25, 0.3) is 0 Å². The molecule has 0 heterocycles. The molecule has 0 aliphatic heterocycles. The molecule has 1 saturated carbocycles. The summed E-state index contributed by atoms with van der Waals surface area (Å²) >= 11 is 6.16. The summed E-state index contributed by atoms with van der Waals surface area (Å²) in [5.74, 6) is 0.548. The molecule has 1 aliphatic rings. The summed E-state index contributed by atoms with van der Waals surface area (Å²) in [6.45, 7) is 0. The van der Waals surface area contributed by atoms with E-state index in [1.165, 1.54) is 0 Å². The van der Waals surface area contributed by atoms with E-state index in [0.29, 0.717) is 5.75 Å². The van der Waals surface area contributed by atoms with Crippen molar-refractivity contribution in [1.29, 1.82) is 0 Å². The van der Waals surface area contributed by atoms with E-state index in [4.69, 9.17) is 16.3 Å². The highest BCUT2D eigenvalue weighted by atomic mass is 35.5. The van der Waals surface area contributed by atoms with E-state index in [-0.39, 0.29) is 11.4 Å². The van der Waals surface area contributed by atoms with Gasteiger partial charge < -0.3 is 10.1 Å². The number of ether oxygens (including phenoxy) is 1. The van der Waals surface area contributed by atoms with Gasteiger partial charge in [-0.15, -0.1) is 11.6 Å². The van der Waals surface area contributed by atoms with Crippen LogP contribution in [-0.4, -0.2) is 17.5 Å². The highest BCUT2D eigenvalue weighted by molar-refractivity contribution is 6.21. The quantitative estimate of drug-likeness (QED) is 0.821. The average molecular weight is 254 g/mol. The zero-order valence-electron chi connectivity index (χ0n) is 9.56. The standard InChI is InChI=1S/C13H16ClNO2/c14-11-8-4-5-9-12(11)15-13(16)17-10-6-2-1-3-7-10/h1-3,6-7,11-12H,4-5,8-9H2,(H,15,16)/t11-,12?/m0/s1. The van der Waals surface area contributed by atoms with Crippen LogP contribution in [0.1, 0.15) is 25.7 Å². The molecule has 2 rings (SSSR count). The van der Waals surface area contributed by atoms with Gasteiger partial charge in [-0.05, 0) is 25.0 Å². The Morgan fingerprint density at radius 2 is 1.94 bits per heavy atom. The van der Waals surface area contributed by atoms with E-state index >= 15 is 0 Å². The summed E-state index contributed by atoms with van der Waals surface area (Å²) in [6, 6.07) is 9.06. The number of nitrogens with one attached hydrogen (secondary N) is 1. The maximum Gasteiger partial charge on any atom is 0.412 e. The second kappa shape index (κ2) is 5.92. The van der Waals surface area contributed by atoms with Crippen LogP contribution in [0, 0.1) is 0 Å². The van der Waals surface area contributed by atoms with Crippen molar-refractivity contribution in [2.24, 2.45) is 0 Å². The number of carbonyl (C=O) groups is 1. The first-order valence-electron chi connectivity index (χ1n) is 5.93. The van der Waals surface area contributed by atoms with Gasteiger partial charge in [-0.1, -0.05) is 31.0 Å². The normalized spacial score (nSPS) is 24.1. The van der Waals surface area contributed by atoms with Crippen molar-refractivity contribution >= 4 is 17.7 Å². The van der Waals surface area contributed by atoms with Gasteiger partial charge in [0.15, 0.2) is 0 Å². The summed E-state index contributed by atoms with van der Waals surface area (Å²) < 4.78 is 5.16. The molecule has 2 atom stereocenters. The first-order chi connectivity index (χ1) is 8.25. The lowest BCUT2D eigenvalue weighted by molar-refractivity contribution is 0.192. The molecule has 0 bridgehead atoms. The van der Waals surface area contributed by atoms with Crippen LogP contribution < -0.4 is 10.1 Å². The highest BCUT2D eigenvalue weighted by Gasteiger charge is 2.25. The third-order valence-corrected chi connectivity index (χ3v) is 3.46. The molecule has 17 heavy (non-hydrogen) atoms. The summed E-state index contributed by atoms with van der Waals surface area (Å²) in [7, 11) is 0. The van der Waals surface area contributed by atoms with Gasteiger partial charge in [-0.3, -0.25) is 0 Å². The Balaban J connectivity index is 1.84. The van der Waals surface area contributed by atoms with E-state index in [1.807, 2.05) is 18.2 Å². The van der Waals surface area contributed by atoms with Crippen molar-refractivity contribution in [2.75, 3.05) is 0 Å². The number of hydrogen-bond acceptors (Lipinski definition) is 2. The van der Waals surface area contributed by atoms with E-state index in [1.54, 1.807) is 12.1 Å². The predicted octanol–water partition coefficient (Wildman–Crippen LogP) is 3.33. The van der Waals surface area contributed by atoms with Crippen molar-refractivity contribution in [3.63, 3.8) is 0 Å². The molecule has 0 spiro atoms. The van der Waals surface area contributed by atoms with Crippen LogP contribution in [0.5, 0.6) is 5.75 Å². The summed E-state index contributed by atoms with van der Waals surface area (Å²) in [6.07, 6.45) is 3.71. The van der Waals surface area contributed by atoms with Crippen LogP contribution in [0.4, 0.5) is 4.79 Å². The van der Waals surface area contributed by atoms with Crippen LogP contribution in [0.25, 0.3) is 0 Å². The van der Waals surface area contributed by atoms with E-state index in [0.717, 1.165) is 25.7 Å². The predicted molar refractivity (Wildman–Crippen MR) is 67.5 cm³/mol. The minimum atomic E-state index is -0.422. The largest absolute Gasteiger partial charge is 0.412 e. The van der Waals surface area contributed by atoms with Crippen LogP contribution in [0.2, 0.25) is 0 Å². The maximum atomic E-state index is 11.6. The van der Waals surface area contributed by atoms with E-state index < -0.39 is 6.09 Å². The number of carbonyl (C=O) groups excluding carboxylic acids is 1. The fourth-order valence-corrected chi connectivity index (χ4v) is 2.37. The lowest BCUT2D eigenvalue weighted by Gasteiger charge is -2.27. The molecule has 0 radical (unpaired) electrons. The molecule has 92 valence electrons. The molecular formula is C13H16ClNO2. The second-order valence-electron chi connectivity index (χ2n) is 4.25. The minimum absolute atomic E-state index is 0.0204. The summed E-state index contributed by atoms with van der Waals surface area (Å²) in [5.41, 5.74) is 0. The molecule has 1 aromatic carbocycles. The summed E-state index contributed by atoms with van der Waals surface area (Å²) in [4.78, 5) is 11.6. The monoisotopic (exact) mass is 253 g/mol. The van der Waals surface area contributed by atoms with Gasteiger partial charge >= 0.3 is 6.09 Å². The number of benzene rings is 1. The zero-order valence-corrected chi connectivity index (χ0v) is 10.3. The second-order valence-corrected chi connectivity index (χ2v) is 4.81. The van der Waals surface area contributed by atoms with Crippen molar-refractivity contribution in [3.05, 3.63) is 30.3 Å². The molecule has 0 saturated heterocycles. The molecular weight excluding hydrogens is 238 g/mol. The number of halogens is 1. The van der Waals surface area contributed by atoms with Crippen LogP contribution in [0.3, 0.4) is 0 Å². The molecule has 0 aromatic heterocycles. The lowest BCUT2D eigenvalue weighted by atomic mass is 9.95. The Morgan fingerprint density at radius 1 is 1.24 bits per heavy atom. The Kier molecular flexibility index (Phi) is 4.26. The number of amides is 1. The third-order valence-electron chi connectivity index (χ3n) is 2.94. The Morgan fingerprint density at radius 3 is 2.65 bits per heavy atom. The van der Waals surface area contributed by atoms with Crippen LogP contribution >= 0.6 is 11.6 Å². The van der Waals surface area contributed by atoms with Gasteiger partial charge in [0.2, 0.25) is 0 Å². The minimum Gasteiger partial charge on any atom is -0.410 e. The molecule has 1 aromatic rings. The Bertz CT molecular complexity index is 369. The molecule has 1 unspecified atom stereocenters. The number of rotatable bonds is 2. The first-order valence-corrected chi connectivity index (χ1v) is 6.37. The van der Waals surface area contributed by atoms with Crippen molar-refractivity contribution in [2.45, 2.75) is 37.1 Å². The lowest BCUT2D eigenvalue weighted by Crippen LogP contribution is -2.44. The topological polar surface area (TPSA) is 38.3 Å². The fourth-order valence-electron chi connectivity index (χ4n) is 2.02. The van der Waals surface area contributed by atoms with Crippen LogP contribution in [0.15, 0.2) is 30.3 Å². The first kappa shape index (κ1) is 12.2. The van der Waals surface area contributed by atoms with Gasteiger partial charge in [0.05, 0.1) is 5.38 Å². The number of alkyl halides is 1. The molecule has 1 N–H and O–H groups in total. The molecule has 3 nitrogen and oxygen atoms in total. The molecule has 1 fully saturated rings. The van der Waals surface area contributed by atoms with Crippen LogP contribution in [-0.2, 0) is 0 Å². The zero-order chi connectivity index (χ0) is 12.1. The SMILES string of the molecule is O=C(NC1CCCC[C@@H]1Cl)Oc1ccccc1. The fraction of sp³-hybridized carbons (Fsp3) is 0.462. The highest BCUT2D eigenvalue weighted by Crippen LogP contribution is 2.23. The van der Waals surface area contributed by atoms with E-state index in [2.05, 4.69) is 5.32 Å². The van der Waals surface area contributed by atoms with Gasteiger partial charge in [-0.2, -0.15) is 0 Å². The van der Waals surface area contributed by atoms with Crippen molar-refractivity contribution in [3.8, 4) is 5.75 Å². The molecule has 1 amide bonds. The Labute approximate surface area is 106 Å². The molecule has 4 heteroatoms. The van der Waals surface area contributed by atoms with Crippen molar-refractivity contribution in [1.82, 2.24) is 5.32 Å². The van der Waals surface area contributed by atoms with E-state index in [9.17, 15) is 4.79 Å².